The average molecular weight is 357 g/mol. The Bertz CT molecular complexity index is 768. The Morgan fingerprint density at radius 2 is 1.56 bits per heavy atom. The summed E-state index contributed by atoms with van der Waals surface area (Å²) < 4.78 is 0. The van der Waals surface area contributed by atoms with Gasteiger partial charge in [0.1, 0.15) is 0 Å². The second-order valence-electron chi connectivity index (χ2n) is 6.25. The van der Waals surface area contributed by atoms with Crippen molar-refractivity contribution in [2.45, 2.75) is 25.7 Å². The monoisotopic (exact) mass is 356 g/mol. The molecule has 1 heterocycles. The van der Waals surface area contributed by atoms with Crippen molar-refractivity contribution in [1.82, 2.24) is 4.90 Å². The maximum absolute atomic E-state index is 12.7. The Kier molecular flexibility index (Phi) is 5.71. The number of benzene rings is 2. The van der Waals surface area contributed by atoms with Gasteiger partial charge in [-0.05, 0) is 49.2 Å². The fourth-order valence-electron chi connectivity index (χ4n) is 3.02. The molecule has 0 spiro atoms. The van der Waals surface area contributed by atoms with E-state index in [-0.39, 0.29) is 11.8 Å². The zero-order chi connectivity index (χ0) is 17.6. The Morgan fingerprint density at radius 1 is 0.880 bits per heavy atom. The molecule has 1 saturated heterocycles. The Balaban J connectivity index is 1.72. The van der Waals surface area contributed by atoms with E-state index in [1.54, 1.807) is 48.5 Å². The summed E-state index contributed by atoms with van der Waals surface area (Å²) in [5.74, 6) is -0.220. The molecule has 0 unspecified atom stereocenters. The second kappa shape index (κ2) is 8.17. The highest BCUT2D eigenvalue weighted by Crippen LogP contribution is 2.18. The molecule has 5 heteroatoms. The van der Waals surface area contributed by atoms with Crippen LogP contribution in [0.2, 0.25) is 5.02 Å². The minimum absolute atomic E-state index is 0.0285. The van der Waals surface area contributed by atoms with Crippen molar-refractivity contribution in [2.24, 2.45) is 0 Å². The SMILES string of the molecule is O=C(Nc1cccc(C(=O)N2CCCCCC2)c1)c1cccc(Cl)c1. The molecule has 2 amide bonds. The smallest absolute Gasteiger partial charge is 0.255 e. The topological polar surface area (TPSA) is 49.4 Å². The van der Waals surface area contributed by atoms with Crippen LogP contribution < -0.4 is 5.32 Å². The van der Waals surface area contributed by atoms with Crippen LogP contribution in [-0.4, -0.2) is 29.8 Å². The van der Waals surface area contributed by atoms with Gasteiger partial charge in [-0.15, -0.1) is 0 Å². The first-order chi connectivity index (χ1) is 12.1. The third-order valence-electron chi connectivity index (χ3n) is 4.35. The van der Waals surface area contributed by atoms with Gasteiger partial charge in [-0.25, -0.2) is 0 Å². The molecule has 25 heavy (non-hydrogen) atoms. The minimum Gasteiger partial charge on any atom is -0.339 e. The number of hydrogen-bond acceptors (Lipinski definition) is 2. The Morgan fingerprint density at radius 3 is 2.28 bits per heavy atom. The quantitative estimate of drug-likeness (QED) is 0.873. The van der Waals surface area contributed by atoms with Gasteiger partial charge in [-0.3, -0.25) is 9.59 Å². The van der Waals surface area contributed by atoms with Gasteiger partial charge >= 0.3 is 0 Å². The normalized spacial score (nSPS) is 14.7. The van der Waals surface area contributed by atoms with Gasteiger partial charge < -0.3 is 10.2 Å². The van der Waals surface area contributed by atoms with Gasteiger partial charge in [0, 0.05) is 34.9 Å². The number of anilines is 1. The number of halogens is 1. The summed E-state index contributed by atoms with van der Waals surface area (Å²) in [6, 6.07) is 13.9. The zero-order valence-corrected chi connectivity index (χ0v) is 14.8. The van der Waals surface area contributed by atoms with Crippen molar-refractivity contribution >= 4 is 29.1 Å². The lowest BCUT2D eigenvalue weighted by Crippen LogP contribution is -2.31. The van der Waals surface area contributed by atoms with Crippen molar-refractivity contribution < 1.29 is 9.59 Å². The molecule has 3 rings (SSSR count). The molecule has 1 aliphatic heterocycles. The van der Waals surface area contributed by atoms with Gasteiger partial charge in [0.25, 0.3) is 11.8 Å². The highest BCUT2D eigenvalue weighted by molar-refractivity contribution is 6.31. The predicted molar refractivity (Wildman–Crippen MR) is 100 cm³/mol. The van der Waals surface area contributed by atoms with E-state index < -0.39 is 0 Å². The van der Waals surface area contributed by atoms with Crippen LogP contribution in [0.1, 0.15) is 46.4 Å². The van der Waals surface area contributed by atoms with Crippen molar-refractivity contribution in [3.8, 4) is 0 Å². The van der Waals surface area contributed by atoms with Crippen LogP contribution in [0.4, 0.5) is 5.69 Å². The van der Waals surface area contributed by atoms with Crippen LogP contribution in [0, 0.1) is 0 Å². The molecule has 0 bridgehead atoms. The van der Waals surface area contributed by atoms with Crippen LogP contribution in [0.3, 0.4) is 0 Å². The van der Waals surface area contributed by atoms with Crippen LogP contribution in [0.15, 0.2) is 48.5 Å². The van der Waals surface area contributed by atoms with Crippen LogP contribution in [-0.2, 0) is 0 Å². The van der Waals surface area contributed by atoms with E-state index in [1.165, 1.54) is 12.8 Å². The van der Waals surface area contributed by atoms with E-state index in [0.717, 1.165) is 25.9 Å². The molecule has 1 aliphatic rings. The van der Waals surface area contributed by atoms with E-state index in [4.69, 9.17) is 11.6 Å². The number of nitrogens with one attached hydrogen (secondary N) is 1. The highest BCUT2D eigenvalue weighted by Gasteiger charge is 2.17. The molecule has 0 atom stereocenters. The fraction of sp³-hybridized carbons (Fsp3) is 0.300. The largest absolute Gasteiger partial charge is 0.339 e. The van der Waals surface area contributed by atoms with Gasteiger partial charge in [-0.1, -0.05) is 36.6 Å². The van der Waals surface area contributed by atoms with Gasteiger partial charge in [0.2, 0.25) is 0 Å². The van der Waals surface area contributed by atoms with E-state index in [1.807, 2.05) is 4.90 Å². The molecule has 4 nitrogen and oxygen atoms in total. The number of hydrogen-bond donors (Lipinski definition) is 1. The maximum atomic E-state index is 12.7. The lowest BCUT2D eigenvalue weighted by atomic mass is 10.1. The summed E-state index contributed by atoms with van der Waals surface area (Å²) in [6.45, 7) is 1.61. The Labute approximate surface area is 152 Å². The van der Waals surface area contributed by atoms with Gasteiger partial charge in [0.15, 0.2) is 0 Å². The second-order valence-corrected chi connectivity index (χ2v) is 6.69. The van der Waals surface area contributed by atoms with Crippen molar-refractivity contribution in [1.29, 1.82) is 0 Å². The summed E-state index contributed by atoms with van der Waals surface area (Å²) in [4.78, 5) is 26.9. The molecule has 2 aromatic rings. The van der Waals surface area contributed by atoms with E-state index in [0.29, 0.717) is 21.8 Å². The summed E-state index contributed by atoms with van der Waals surface area (Å²) in [6.07, 6.45) is 4.47. The first kappa shape index (κ1) is 17.5. The number of carbonyl (C=O) groups excluding carboxylic acids is 2. The summed E-state index contributed by atoms with van der Waals surface area (Å²) in [5.41, 5.74) is 1.69. The molecule has 1 fully saturated rings. The van der Waals surface area contributed by atoms with Crippen LogP contribution in [0.25, 0.3) is 0 Å². The lowest BCUT2D eigenvalue weighted by molar-refractivity contribution is 0.0761. The average Bonchev–Trinajstić information content (AvgIpc) is 2.90. The first-order valence-electron chi connectivity index (χ1n) is 8.60. The summed E-state index contributed by atoms with van der Waals surface area (Å²) >= 11 is 5.93. The van der Waals surface area contributed by atoms with Crippen molar-refractivity contribution in [3.05, 3.63) is 64.7 Å². The Hall–Kier alpha value is -2.33. The molecule has 1 N–H and O–H groups in total. The first-order valence-corrected chi connectivity index (χ1v) is 8.97. The molecule has 2 aromatic carbocycles. The molecular weight excluding hydrogens is 336 g/mol. The number of likely N-dealkylation sites (tertiary alicyclic amines) is 1. The zero-order valence-electron chi connectivity index (χ0n) is 14.0. The van der Waals surface area contributed by atoms with Gasteiger partial charge in [-0.2, -0.15) is 0 Å². The van der Waals surface area contributed by atoms with Gasteiger partial charge in [0.05, 0.1) is 0 Å². The van der Waals surface area contributed by atoms with Crippen molar-refractivity contribution in [2.75, 3.05) is 18.4 Å². The fourth-order valence-corrected chi connectivity index (χ4v) is 3.21. The molecule has 0 radical (unpaired) electrons. The highest BCUT2D eigenvalue weighted by atomic mass is 35.5. The molecule has 0 aromatic heterocycles. The summed E-state index contributed by atoms with van der Waals surface area (Å²) in [7, 11) is 0. The number of rotatable bonds is 3. The van der Waals surface area contributed by atoms with Crippen LogP contribution >= 0.6 is 11.6 Å². The number of amides is 2. The molecule has 130 valence electrons. The summed E-state index contributed by atoms with van der Waals surface area (Å²) in [5, 5.41) is 3.34. The van der Waals surface area contributed by atoms with Crippen LogP contribution in [0.5, 0.6) is 0 Å². The molecule has 0 aliphatic carbocycles. The number of carbonyl (C=O) groups is 2. The third-order valence-corrected chi connectivity index (χ3v) is 4.58. The van der Waals surface area contributed by atoms with E-state index >= 15 is 0 Å². The number of nitrogens with zero attached hydrogens (tertiary/aromatic N) is 1. The van der Waals surface area contributed by atoms with E-state index in [9.17, 15) is 9.59 Å². The molecule has 0 saturated carbocycles. The standard InChI is InChI=1S/C20H21ClN2O2/c21-17-9-5-7-15(13-17)19(24)22-18-10-6-8-16(14-18)20(25)23-11-3-1-2-4-12-23/h5-10,13-14H,1-4,11-12H2,(H,22,24). The van der Waals surface area contributed by atoms with Crippen molar-refractivity contribution in [3.63, 3.8) is 0 Å². The maximum Gasteiger partial charge on any atom is 0.255 e. The lowest BCUT2D eigenvalue weighted by Gasteiger charge is -2.20. The predicted octanol–water partition coefficient (Wildman–Crippen LogP) is 4.61. The molecular formula is C20H21ClN2O2. The third kappa shape index (κ3) is 4.60. The minimum atomic E-state index is -0.248. The van der Waals surface area contributed by atoms with E-state index in [2.05, 4.69) is 5.32 Å².